The smallest absolute Gasteiger partial charge is 0.411 e. The molecule has 1 aromatic rings. The van der Waals surface area contributed by atoms with Crippen molar-refractivity contribution in [1.82, 2.24) is 0 Å². The molecule has 1 atom stereocenters. The van der Waals surface area contributed by atoms with Gasteiger partial charge in [-0.3, -0.25) is 4.52 Å². The Kier molecular flexibility index (Phi) is 6.28. The predicted octanol–water partition coefficient (Wildman–Crippen LogP) is 5.66. The van der Waals surface area contributed by atoms with E-state index in [2.05, 4.69) is 19.9 Å². The van der Waals surface area contributed by atoms with Gasteiger partial charge in [-0.25, -0.2) is 4.57 Å². The fourth-order valence-corrected chi connectivity index (χ4v) is 4.69. The third kappa shape index (κ3) is 3.64. The van der Waals surface area contributed by atoms with E-state index in [4.69, 9.17) is 9.05 Å². The quantitative estimate of drug-likeness (QED) is 0.579. The standard InChI is InChI=1S/C18H27O3P/c1-4-7-11-15-16-12-9-10-14-18(16)22(19,20-6-3)21-17(15)13-8-5-2/h9-10,12,14H,4-8,11,13H2,1-3H3. The van der Waals surface area contributed by atoms with E-state index in [1.54, 1.807) is 0 Å². The molecule has 2 rings (SSSR count). The second kappa shape index (κ2) is 7.99. The maximum absolute atomic E-state index is 13.2. The molecular weight excluding hydrogens is 295 g/mol. The first-order chi connectivity index (χ1) is 10.7. The molecule has 1 heterocycles. The summed E-state index contributed by atoms with van der Waals surface area (Å²) < 4.78 is 24.7. The van der Waals surface area contributed by atoms with Crippen molar-refractivity contribution in [1.29, 1.82) is 0 Å². The van der Waals surface area contributed by atoms with Crippen LogP contribution in [0.3, 0.4) is 0 Å². The summed E-state index contributed by atoms with van der Waals surface area (Å²) in [5.41, 5.74) is 2.28. The average molecular weight is 322 g/mol. The zero-order chi connectivity index (χ0) is 16.0. The molecule has 3 nitrogen and oxygen atoms in total. The number of benzene rings is 1. The van der Waals surface area contributed by atoms with E-state index >= 15 is 0 Å². The van der Waals surface area contributed by atoms with Crippen molar-refractivity contribution in [3.05, 3.63) is 35.6 Å². The van der Waals surface area contributed by atoms with E-state index in [1.807, 2.05) is 25.1 Å². The van der Waals surface area contributed by atoms with Gasteiger partial charge in [-0.15, -0.1) is 0 Å². The number of hydrogen-bond donors (Lipinski definition) is 0. The average Bonchev–Trinajstić information content (AvgIpc) is 2.52. The lowest BCUT2D eigenvalue weighted by molar-refractivity contribution is 0.253. The van der Waals surface area contributed by atoms with Gasteiger partial charge in [0.25, 0.3) is 0 Å². The first-order valence-corrected chi connectivity index (χ1v) is 9.96. The summed E-state index contributed by atoms with van der Waals surface area (Å²) in [6.45, 7) is 6.59. The largest absolute Gasteiger partial charge is 0.425 e. The minimum absolute atomic E-state index is 0.386. The van der Waals surface area contributed by atoms with Gasteiger partial charge < -0.3 is 4.52 Å². The zero-order valence-electron chi connectivity index (χ0n) is 13.9. The topological polar surface area (TPSA) is 35.5 Å². The van der Waals surface area contributed by atoms with E-state index in [-0.39, 0.29) is 0 Å². The third-order valence-electron chi connectivity index (χ3n) is 3.93. The number of hydrogen-bond acceptors (Lipinski definition) is 3. The van der Waals surface area contributed by atoms with Crippen LogP contribution in [-0.2, 0) is 13.6 Å². The van der Waals surface area contributed by atoms with Crippen molar-refractivity contribution in [3.63, 3.8) is 0 Å². The van der Waals surface area contributed by atoms with E-state index in [1.165, 1.54) is 5.57 Å². The molecule has 4 heteroatoms. The first kappa shape index (κ1) is 17.3. The number of fused-ring (bicyclic) bond motifs is 1. The van der Waals surface area contributed by atoms with Crippen molar-refractivity contribution >= 4 is 18.5 Å². The van der Waals surface area contributed by atoms with Crippen LogP contribution < -0.4 is 5.30 Å². The minimum atomic E-state index is -3.23. The zero-order valence-corrected chi connectivity index (χ0v) is 14.8. The second-order valence-corrected chi connectivity index (χ2v) is 7.55. The molecule has 0 saturated carbocycles. The van der Waals surface area contributed by atoms with Crippen molar-refractivity contribution in [2.45, 2.75) is 59.3 Å². The summed E-state index contributed by atoms with van der Waals surface area (Å²) >= 11 is 0. The summed E-state index contributed by atoms with van der Waals surface area (Å²) in [4.78, 5) is 0. The summed E-state index contributed by atoms with van der Waals surface area (Å²) in [7, 11) is -3.23. The molecule has 0 bridgehead atoms. The van der Waals surface area contributed by atoms with Crippen molar-refractivity contribution in [2.75, 3.05) is 6.61 Å². The summed E-state index contributed by atoms with van der Waals surface area (Å²) in [5, 5.41) is 0.725. The Bertz CT molecular complexity index is 577. The highest BCUT2D eigenvalue weighted by Crippen LogP contribution is 2.55. The molecule has 0 aliphatic carbocycles. The van der Waals surface area contributed by atoms with Gasteiger partial charge in [0.2, 0.25) is 0 Å². The number of unbranched alkanes of at least 4 members (excludes halogenated alkanes) is 2. The first-order valence-electron chi connectivity index (χ1n) is 8.42. The van der Waals surface area contributed by atoms with Crippen LogP contribution in [0.15, 0.2) is 30.0 Å². The molecule has 1 aromatic carbocycles. The second-order valence-electron chi connectivity index (χ2n) is 5.63. The maximum Gasteiger partial charge on any atom is 0.411 e. The molecular formula is C18H27O3P. The molecule has 0 saturated heterocycles. The molecule has 22 heavy (non-hydrogen) atoms. The molecule has 1 aliphatic rings. The molecule has 0 N–H and O–H groups in total. The van der Waals surface area contributed by atoms with Crippen LogP contribution in [-0.4, -0.2) is 6.61 Å². The molecule has 0 radical (unpaired) electrons. The number of rotatable bonds is 8. The fourth-order valence-electron chi connectivity index (χ4n) is 2.79. The van der Waals surface area contributed by atoms with Gasteiger partial charge >= 0.3 is 7.60 Å². The Morgan fingerprint density at radius 2 is 1.73 bits per heavy atom. The Balaban J connectivity index is 2.48. The molecule has 0 aromatic heterocycles. The van der Waals surface area contributed by atoms with Crippen LogP contribution in [0, 0.1) is 0 Å². The Morgan fingerprint density at radius 1 is 1.05 bits per heavy atom. The van der Waals surface area contributed by atoms with Crippen LogP contribution in [0.25, 0.3) is 5.57 Å². The fraction of sp³-hybridized carbons (Fsp3) is 0.556. The lowest BCUT2D eigenvalue weighted by atomic mass is 9.97. The van der Waals surface area contributed by atoms with Crippen LogP contribution in [0.5, 0.6) is 0 Å². The van der Waals surface area contributed by atoms with Crippen LogP contribution in [0.2, 0.25) is 0 Å². The van der Waals surface area contributed by atoms with Gasteiger partial charge in [-0.05, 0) is 43.4 Å². The molecule has 0 amide bonds. The van der Waals surface area contributed by atoms with Gasteiger partial charge in [0.15, 0.2) is 0 Å². The normalized spacial score (nSPS) is 20.7. The lowest BCUT2D eigenvalue weighted by Crippen LogP contribution is -2.20. The molecule has 0 fully saturated rings. The Labute approximate surface area is 134 Å². The minimum Gasteiger partial charge on any atom is -0.425 e. The Hall–Kier alpha value is -1.05. The molecule has 0 spiro atoms. The van der Waals surface area contributed by atoms with E-state index < -0.39 is 7.60 Å². The van der Waals surface area contributed by atoms with E-state index in [9.17, 15) is 4.57 Å². The molecule has 1 aliphatic heterocycles. The van der Waals surface area contributed by atoms with Gasteiger partial charge in [-0.2, -0.15) is 0 Å². The van der Waals surface area contributed by atoms with Gasteiger partial charge in [-0.1, -0.05) is 44.9 Å². The van der Waals surface area contributed by atoms with E-state index in [0.29, 0.717) is 6.61 Å². The Morgan fingerprint density at radius 3 is 2.41 bits per heavy atom. The van der Waals surface area contributed by atoms with Crippen molar-refractivity contribution < 1.29 is 13.6 Å². The summed E-state index contributed by atoms with van der Waals surface area (Å²) in [6.07, 6.45) is 6.19. The predicted molar refractivity (Wildman–Crippen MR) is 92.4 cm³/mol. The SMILES string of the molecule is CCCCC1=C(CCCC)c2ccccc2P(=O)(OCC)O1. The monoisotopic (exact) mass is 322 g/mol. The molecule has 1 unspecified atom stereocenters. The highest BCUT2D eigenvalue weighted by molar-refractivity contribution is 7.62. The van der Waals surface area contributed by atoms with Gasteiger partial charge in [0.05, 0.1) is 11.9 Å². The maximum atomic E-state index is 13.2. The number of allylic oxidation sites excluding steroid dienone is 2. The summed E-state index contributed by atoms with van der Waals surface area (Å²) in [6, 6.07) is 7.85. The van der Waals surface area contributed by atoms with Gasteiger partial charge in [0.1, 0.15) is 5.76 Å². The summed E-state index contributed by atoms with van der Waals surface area (Å²) in [5.74, 6) is 0.880. The van der Waals surface area contributed by atoms with Crippen LogP contribution >= 0.6 is 7.60 Å². The molecule has 122 valence electrons. The van der Waals surface area contributed by atoms with Crippen LogP contribution in [0.4, 0.5) is 0 Å². The van der Waals surface area contributed by atoms with Gasteiger partial charge in [0, 0.05) is 6.42 Å². The lowest BCUT2D eigenvalue weighted by Gasteiger charge is -2.30. The van der Waals surface area contributed by atoms with E-state index in [0.717, 1.165) is 55.2 Å². The van der Waals surface area contributed by atoms with Crippen molar-refractivity contribution in [2.24, 2.45) is 0 Å². The van der Waals surface area contributed by atoms with Crippen LogP contribution in [0.1, 0.15) is 64.9 Å². The highest BCUT2D eigenvalue weighted by Gasteiger charge is 2.37. The van der Waals surface area contributed by atoms with Crippen molar-refractivity contribution in [3.8, 4) is 0 Å². The highest BCUT2D eigenvalue weighted by atomic mass is 31.2. The third-order valence-corrected chi connectivity index (χ3v) is 5.97.